The van der Waals surface area contributed by atoms with Gasteiger partial charge < -0.3 is 0 Å². The molecule has 0 bridgehead atoms. The van der Waals surface area contributed by atoms with Gasteiger partial charge in [0.25, 0.3) is 0 Å². The number of hydrogen-bond acceptors (Lipinski definition) is 2. The highest BCUT2D eigenvalue weighted by Gasteiger charge is 1.81. The lowest BCUT2D eigenvalue weighted by molar-refractivity contribution is 1.32. The molecule has 0 unspecified atom stereocenters. The fourth-order valence-electron chi connectivity index (χ4n) is 0.601. The smallest absolute Gasteiger partial charge is 0.0782 e. The second kappa shape index (κ2) is 3.52. The molecule has 0 aliphatic carbocycles. The standard InChI is InChI=1S/C9H8N2/c1-8(10)2-3-9-4-6-11-7-5-9/h4-7,10H,1H3. The molecule has 54 valence electrons. The molecular weight excluding hydrogens is 136 g/mol. The maximum absolute atomic E-state index is 7.05. The Morgan fingerprint density at radius 3 is 2.64 bits per heavy atom. The topological polar surface area (TPSA) is 36.7 Å². The molecule has 0 fully saturated rings. The van der Waals surface area contributed by atoms with E-state index >= 15 is 0 Å². The lowest BCUT2D eigenvalue weighted by Crippen LogP contribution is -1.80. The van der Waals surface area contributed by atoms with Crippen LogP contribution in [0.2, 0.25) is 0 Å². The molecule has 1 aromatic heterocycles. The fraction of sp³-hybridized carbons (Fsp3) is 0.111. The Morgan fingerprint density at radius 1 is 1.45 bits per heavy atom. The third-order valence-electron chi connectivity index (χ3n) is 1.07. The predicted molar refractivity (Wildman–Crippen MR) is 44.5 cm³/mol. The van der Waals surface area contributed by atoms with Gasteiger partial charge in [0.05, 0.1) is 5.71 Å². The van der Waals surface area contributed by atoms with E-state index in [1.54, 1.807) is 19.3 Å². The molecule has 0 amide bonds. The summed E-state index contributed by atoms with van der Waals surface area (Å²) in [6.07, 6.45) is 3.37. The monoisotopic (exact) mass is 144 g/mol. The first-order valence-electron chi connectivity index (χ1n) is 3.26. The Bertz CT molecular complexity index is 303. The summed E-state index contributed by atoms with van der Waals surface area (Å²) in [6.45, 7) is 1.66. The van der Waals surface area contributed by atoms with Crippen molar-refractivity contribution in [1.29, 1.82) is 5.41 Å². The first kappa shape index (κ1) is 7.49. The molecule has 0 spiro atoms. The van der Waals surface area contributed by atoms with E-state index in [0.29, 0.717) is 5.71 Å². The molecule has 1 aromatic rings. The molecule has 0 aromatic carbocycles. The van der Waals surface area contributed by atoms with E-state index < -0.39 is 0 Å². The maximum Gasteiger partial charge on any atom is 0.0782 e. The zero-order valence-corrected chi connectivity index (χ0v) is 6.26. The predicted octanol–water partition coefficient (Wildman–Crippen LogP) is 1.47. The molecule has 1 heterocycles. The van der Waals surface area contributed by atoms with Crippen LogP contribution in [0.4, 0.5) is 0 Å². The minimum atomic E-state index is 0.377. The van der Waals surface area contributed by atoms with E-state index in [1.165, 1.54) is 0 Å². The van der Waals surface area contributed by atoms with Crippen LogP contribution in [-0.4, -0.2) is 10.7 Å². The van der Waals surface area contributed by atoms with Crippen LogP contribution >= 0.6 is 0 Å². The number of hydrogen-bond donors (Lipinski definition) is 1. The summed E-state index contributed by atoms with van der Waals surface area (Å²) < 4.78 is 0. The van der Waals surface area contributed by atoms with Gasteiger partial charge >= 0.3 is 0 Å². The first-order chi connectivity index (χ1) is 5.29. The van der Waals surface area contributed by atoms with Gasteiger partial charge in [-0.15, -0.1) is 0 Å². The van der Waals surface area contributed by atoms with Gasteiger partial charge in [-0.25, -0.2) is 0 Å². The van der Waals surface area contributed by atoms with E-state index in [4.69, 9.17) is 5.41 Å². The van der Waals surface area contributed by atoms with Crippen LogP contribution in [0.15, 0.2) is 24.5 Å². The Balaban J connectivity index is 2.83. The highest BCUT2D eigenvalue weighted by Crippen LogP contribution is 1.91. The lowest BCUT2D eigenvalue weighted by atomic mass is 10.2. The zero-order chi connectivity index (χ0) is 8.10. The number of rotatable bonds is 0. The molecule has 2 heteroatoms. The van der Waals surface area contributed by atoms with E-state index in [0.717, 1.165) is 5.56 Å². The highest BCUT2D eigenvalue weighted by molar-refractivity contribution is 5.96. The minimum Gasteiger partial charge on any atom is -0.297 e. The number of nitrogens with zero attached hydrogens (tertiary/aromatic N) is 1. The summed E-state index contributed by atoms with van der Waals surface area (Å²) in [7, 11) is 0. The van der Waals surface area contributed by atoms with Crippen molar-refractivity contribution in [3.05, 3.63) is 30.1 Å². The fourth-order valence-corrected chi connectivity index (χ4v) is 0.601. The van der Waals surface area contributed by atoms with Gasteiger partial charge in [-0.3, -0.25) is 10.4 Å². The van der Waals surface area contributed by atoms with E-state index in [-0.39, 0.29) is 0 Å². The van der Waals surface area contributed by atoms with Crippen LogP contribution in [0.1, 0.15) is 12.5 Å². The van der Waals surface area contributed by atoms with Crippen LogP contribution in [-0.2, 0) is 0 Å². The molecule has 1 N–H and O–H groups in total. The summed E-state index contributed by atoms with van der Waals surface area (Å²) in [4.78, 5) is 3.85. The van der Waals surface area contributed by atoms with E-state index in [2.05, 4.69) is 16.8 Å². The minimum absolute atomic E-state index is 0.377. The van der Waals surface area contributed by atoms with Crippen molar-refractivity contribution in [2.45, 2.75) is 6.92 Å². The van der Waals surface area contributed by atoms with Crippen molar-refractivity contribution in [3.63, 3.8) is 0 Å². The Labute approximate surface area is 65.8 Å². The summed E-state index contributed by atoms with van der Waals surface area (Å²) in [5, 5.41) is 7.05. The summed E-state index contributed by atoms with van der Waals surface area (Å²) >= 11 is 0. The van der Waals surface area contributed by atoms with Crippen LogP contribution in [0.3, 0.4) is 0 Å². The second-order valence-electron chi connectivity index (χ2n) is 2.11. The SMILES string of the molecule is CC(=N)C#Cc1ccncc1. The maximum atomic E-state index is 7.05. The van der Waals surface area contributed by atoms with Crippen molar-refractivity contribution in [2.24, 2.45) is 0 Å². The third-order valence-corrected chi connectivity index (χ3v) is 1.07. The number of pyridine rings is 1. The van der Waals surface area contributed by atoms with Gasteiger partial charge in [0, 0.05) is 18.0 Å². The van der Waals surface area contributed by atoms with Crippen LogP contribution in [0.5, 0.6) is 0 Å². The quantitative estimate of drug-likeness (QED) is 0.434. The lowest BCUT2D eigenvalue weighted by Gasteiger charge is -1.84. The van der Waals surface area contributed by atoms with Crippen LogP contribution < -0.4 is 0 Å². The van der Waals surface area contributed by atoms with Gasteiger partial charge in [0.15, 0.2) is 0 Å². The Hall–Kier alpha value is -1.62. The van der Waals surface area contributed by atoms with Gasteiger partial charge in [-0.2, -0.15) is 0 Å². The van der Waals surface area contributed by atoms with Gasteiger partial charge in [-0.1, -0.05) is 5.92 Å². The molecule has 0 aliphatic heterocycles. The highest BCUT2D eigenvalue weighted by atomic mass is 14.6. The largest absolute Gasteiger partial charge is 0.297 e. The van der Waals surface area contributed by atoms with Crippen molar-refractivity contribution in [3.8, 4) is 11.8 Å². The van der Waals surface area contributed by atoms with Crippen molar-refractivity contribution >= 4 is 5.71 Å². The summed E-state index contributed by atoms with van der Waals surface area (Å²) in [5.74, 6) is 5.50. The van der Waals surface area contributed by atoms with Gasteiger partial charge in [0.1, 0.15) is 0 Å². The average Bonchev–Trinajstić information content (AvgIpc) is 2.03. The molecule has 0 saturated heterocycles. The van der Waals surface area contributed by atoms with Crippen LogP contribution in [0, 0.1) is 17.3 Å². The molecule has 0 aliphatic rings. The van der Waals surface area contributed by atoms with E-state index in [9.17, 15) is 0 Å². The molecule has 11 heavy (non-hydrogen) atoms. The molecule has 0 radical (unpaired) electrons. The molecule has 0 saturated carbocycles. The zero-order valence-electron chi connectivity index (χ0n) is 6.26. The van der Waals surface area contributed by atoms with Gasteiger partial charge in [0.2, 0.25) is 0 Å². The number of nitrogens with one attached hydrogen (secondary N) is 1. The van der Waals surface area contributed by atoms with Crippen molar-refractivity contribution in [1.82, 2.24) is 4.98 Å². The van der Waals surface area contributed by atoms with Crippen molar-refractivity contribution < 1.29 is 0 Å². The molecular formula is C9H8N2. The normalized spacial score (nSPS) is 8.09. The first-order valence-corrected chi connectivity index (χ1v) is 3.26. The Morgan fingerprint density at radius 2 is 2.09 bits per heavy atom. The summed E-state index contributed by atoms with van der Waals surface area (Å²) in [5.41, 5.74) is 1.27. The second-order valence-corrected chi connectivity index (χ2v) is 2.11. The third kappa shape index (κ3) is 2.63. The van der Waals surface area contributed by atoms with Crippen molar-refractivity contribution in [2.75, 3.05) is 0 Å². The molecule has 2 nitrogen and oxygen atoms in total. The van der Waals surface area contributed by atoms with Crippen LogP contribution in [0.25, 0.3) is 0 Å². The summed E-state index contributed by atoms with van der Waals surface area (Å²) in [6, 6.07) is 3.63. The Kier molecular flexibility index (Phi) is 2.40. The molecule has 1 rings (SSSR count). The number of aromatic nitrogens is 1. The molecule has 0 atom stereocenters. The van der Waals surface area contributed by atoms with E-state index in [1.807, 2.05) is 12.1 Å². The average molecular weight is 144 g/mol. The van der Waals surface area contributed by atoms with Gasteiger partial charge in [-0.05, 0) is 25.0 Å².